The van der Waals surface area contributed by atoms with Crippen LogP contribution in [0.15, 0.2) is 36.5 Å². The van der Waals surface area contributed by atoms with Crippen molar-refractivity contribution in [3.8, 4) is 5.88 Å². The predicted octanol–water partition coefficient (Wildman–Crippen LogP) is 1.99. The van der Waals surface area contributed by atoms with Crippen molar-refractivity contribution >= 4 is 11.6 Å². The van der Waals surface area contributed by atoms with E-state index in [0.29, 0.717) is 17.1 Å². The molecule has 1 aliphatic heterocycles. The van der Waals surface area contributed by atoms with Crippen molar-refractivity contribution in [1.29, 1.82) is 0 Å². The van der Waals surface area contributed by atoms with Crippen LogP contribution in [0.1, 0.15) is 21.5 Å². The Bertz CT molecular complexity index is 653. The number of aromatic nitrogens is 1. The summed E-state index contributed by atoms with van der Waals surface area (Å²) in [6.45, 7) is 1.82. The third-order valence-electron chi connectivity index (χ3n) is 3.56. The van der Waals surface area contributed by atoms with Crippen molar-refractivity contribution < 1.29 is 9.53 Å². The first-order valence-corrected chi connectivity index (χ1v) is 6.90. The summed E-state index contributed by atoms with van der Waals surface area (Å²) in [4.78, 5) is 16.3. The lowest BCUT2D eigenvalue weighted by atomic mass is 9.98. The first-order valence-electron chi connectivity index (χ1n) is 6.90. The minimum absolute atomic E-state index is 0.129. The molecular weight excluding hydrogens is 266 g/mol. The smallest absolute Gasteiger partial charge is 0.255 e. The second kappa shape index (κ2) is 5.93. The number of anilines is 1. The Hall–Kier alpha value is -2.40. The maximum atomic E-state index is 12.3. The molecule has 5 nitrogen and oxygen atoms in total. The fourth-order valence-electron chi connectivity index (χ4n) is 2.40. The van der Waals surface area contributed by atoms with E-state index in [0.717, 1.165) is 19.5 Å². The number of hydrogen-bond donors (Lipinski definition) is 2. The zero-order chi connectivity index (χ0) is 14.7. The van der Waals surface area contributed by atoms with E-state index in [4.69, 9.17) is 4.74 Å². The van der Waals surface area contributed by atoms with Crippen LogP contribution in [0.3, 0.4) is 0 Å². The van der Waals surface area contributed by atoms with Gasteiger partial charge in [-0.2, -0.15) is 0 Å². The van der Waals surface area contributed by atoms with Crippen LogP contribution in [-0.4, -0.2) is 24.5 Å². The van der Waals surface area contributed by atoms with Crippen LogP contribution in [0.25, 0.3) is 0 Å². The molecule has 1 aromatic carbocycles. The van der Waals surface area contributed by atoms with Crippen LogP contribution in [0.2, 0.25) is 0 Å². The van der Waals surface area contributed by atoms with Crippen molar-refractivity contribution in [2.75, 3.05) is 19.0 Å². The van der Waals surface area contributed by atoms with E-state index in [1.807, 2.05) is 18.2 Å². The number of ether oxygens (including phenoxy) is 1. The third-order valence-corrected chi connectivity index (χ3v) is 3.56. The van der Waals surface area contributed by atoms with Crippen LogP contribution in [0, 0.1) is 0 Å². The number of rotatable bonds is 3. The molecule has 0 bridgehead atoms. The molecule has 0 fully saturated rings. The molecule has 0 spiro atoms. The molecule has 0 radical (unpaired) electrons. The summed E-state index contributed by atoms with van der Waals surface area (Å²) in [7, 11) is 1.56. The lowest BCUT2D eigenvalue weighted by Crippen LogP contribution is -2.24. The van der Waals surface area contributed by atoms with E-state index >= 15 is 0 Å². The summed E-state index contributed by atoms with van der Waals surface area (Å²) in [5, 5.41) is 6.15. The highest BCUT2D eigenvalue weighted by molar-refractivity contribution is 6.04. The molecule has 0 atom stereocenters. The summed E-state index contributed by atoms with van der Waals surface area (Å²) >= 11 is 0. The number of pyridine rings is 1. The maximum absolute atomic E-state index is 12.3. The number of carbonyl (C=O) groups excluding carboxylic acids is 1. The van der Waals surface area contributed by atoms with Gasteiger partial charge in [-0.05, 0) is 42.3 Å². The number of nitrogens with zero attached hydrogens (tertiary/aromatic N) is 1. The van der Waals surface area contributed by atoms with Crippen molar-refractivity contribution in [2.45, 2.75) is 13.0 Å². The van der Waals surface area contributed by atoms with Crippen LogP contribution >= 0.6 is 0 Å². The van der Waals surface area contributed by atoms with Gasteiger partial charge in [0.2, 0.25) is 5.88 Å². The molecule has 2 aromatic rings. The highest BCUT2D eigenvalue weighted by Crippen LogP contribution is 2.17. The molecule has 5 heteroatoms. The largest absolute Gasteiger partial charge is 0.481 e. The number of amides is 1. The van der Waals surface area contributed by atoms with Crippen LogP contribution in [-0.2, 0) is 13.0 Å². The van der Waals surface area contributed by atoms with Gasteiger partial charge in [0, 0.05) is 18.2 Å². The molecule has 1 aliphatic rings. The molecule has 3 rings (SSSR count). The van der Waals surface area contributed by atoms with Crippen molar-refractivity contribution in [1.82, 2.24) is 10.3 Å². The van der Waals surface area contributed by atoms with Crippen LogP contribution in [0.4, 0.5) is 5.69 Å². The van der Waals surface area contributed by atoms with Gasteiger partial charge in [-0.1, -0.05) is 6.07 Å². The summed E-state index contributed by atoms with van der Waals surface area (Å²) in [5.41, 5.74) is 3.82. The first-order chi connectivity index (χ1) is 10.3. The SMILES string of the molecule is COc1ccc(NC(=O)c2ccc3c(c2)CNCC3)cn1. The molecule has 0 aliphatic carbocycles. The number of benzene rings is 1. The molecule has 0 saturated carbocycles. The third kappa shape index (κ3) is 3.03. The topological polar surface area (TPSA) is 63.2 Å². The molecule has 1 amide bonds. The predicted molar refractivity (Wildman–Crippen MR) is 80.6 cm³/mol. The monoisotopic (exact) mass is 283 g/mol. The second-order valence-electron chi connectivity index (χ2n) is 4.95. The average Bonchev–Trinajstić information content (AvgIpc) is 2.55. The number of fused-ring (bicyclic) bond motifs is 1. The van der Waals surface area contributed by atoms with Crippen LogP contribution < -0.4 is 15.4 Å². The standard InChI is InChI=1S/C16H17N3O2/c1-21-15-5-4-14(10-18-15)19-16(20)12-3-2-11-6-7-17-9-13(11)8-12/h2-5,8,10,17H,6-7,9H2,1H3,(H,19,20). The summed E-state index contributed by atoms with van der Waals surface area (Å²) < 4.78 is 4.99. The van der Waals surface area contributed by atoms with Gasteiger partial charge in [-0.15, -0.1) is 0 Å². The number of methoxy groups -OCH3 is 1. The van der Waals surface area contributed by atoms with Gasteiger partial charge in [0.1, 0.15) is 0 Å². The van der Waals surface area contributed by atoms with Gasteiger partial charge in [-0.3, -0.25) is 4.79 Å². The molecule has 21 heavy (non-hydrogen) atoms. The number of hydrogen-bond acceptors (Lipinski definition) is 4. The summed E-state index contributed by atoms with van der Waals surface area (Å²) in [6.07, 6.45) is 2.59. The minimum atomic E-state index is -0.129. The van der Waals surface area contributed by atoms with Gasteiger partial charge in [0.25, 0.3) is 5.91 Å². The minimum Gasteiger partial charge on any atom is -0.481 e. The van der Waals surface area contributed by atoms with E-state index in [1.165, 1.54) is 11.1 Å². The Morgan fingerprint density at radius 1 is 1.29 bits per heavy atom. The zero-order valence-corrected chi connectivity index (χ0v) is 11.8. The molecule has 1 aromatic heterocycles. The molecule has 0 unspecified atom stereocenters. The normalized spacial score (nSPS) is 13.4. The maximum Gasteiger partial charge on any atom is 0.255 e. The second-order valence-corrected chi connectivity index (χ2v) is 4.95. The molecule has 0 saturated heterocycles. The van der Waals surface area contributed by atoms with Crippen molar-refractivity contribution in [3.63, 3.8) is 0 Å². The highest BCUT2D eigenvalue weighted by atomic mass is 16.5. The summed E-state index contributed by atoms with van der Waals surface area (Å²) in [5.74, 6) is 0.392. The first kappa shape index (κ1) is 13.6. The van der Waals surface area contributed by atoms with Gasteiger partial charge in [-0.25, -0.2) is 4.98 Å². The fourth-order valence-corrected chi connectivity index (χ4v) is 2.40. The molecular formula is C16H17N3O2. The number of nitrogens with one attached hydrogen (secondary N) is 2. The molecule has 2 N–H and O–H groups in total. The van der Waals surface area contributed by atoms with E-state index in [1.54, 1.807) is 25.4 Å². The van der Waals surface area contributed by atoms with Gasteiger partial charge < -0.3 is 15.4 Å². The van der Waals surface area contributed by atoms with Crippen molar-refractivity contribution in [2.24, 2.45) is 0 Å². The average molecular weight is 283 g/mol. The highest BCUT2D eigenvalue weighted by Gasteiger charge is 2.12. The fraction of sp³-hybridized carbons (Fsp3) is 0.250. The molecule has 108 valence electrons. The lowest BCUT2D eigenvalue weighted by molar-refractivity contribution is 0.102. The Labute approximate surface area is 123 Å². The summed E-state index contributed by atoms with van der Waals surface area (Å²) in [6, 6.07) is 9.34. The van der Waals surface area contributed by atoms with Crippen molar-refractivity contribution in [3.05, 3.63) is 53.2 Å². The van der Waals surface area contributed by atoms with E-state index in [2.05, 4.69) is 15.6 Å². The van der Waals surface area contributed by atoms with Gasteiger partial charge in [0.15, 0.2) is 0 Å². The van der Waals surface area contributed by atoms with Gasteiger partial charge in [0.05, 0.1) is 19.0 Å². The Balaban J connectivity index is 1.75. The molecule has 2 heterocycles. The Morgan fingerprint density at radius 3 is 2.95 bits per heavy atom. The zero-order valence-electron chi connectivity index (χ0n) is 11.8. The van der Waals surface area contributed by atoms with Crippen LogP contribution in [0.5, 0.6) is 5.88 Å². The lowest BCUT2D eigenvalue weighted by Gasteiger charge is -2.17. The van der Waals surface area contributed by atoms with E-state index < -0.39 is 0 Å². The Morgan fingerprint density at radius 2 is 2.19 bits per heavy atom. The number of carbonyl (C=O) groups is 1. The van der Waals surface area contributed by atoms with E-state index in [-0.39, 0.29) is 5.91 Å². The Kier molecular flexibility index (Phi) is 3.83. The van der Waals surface area contributed by atoms with E-state index in [9.17, 15) is 4.79 Å². The quantitative estimate of drug-likeness (QED) is 0.904. The van der Waals surface area contributed by atoms with Gasteiger partial charge >= 0.3 is 0 Å².